The molecule has 0 saturated heterocycles. The second kappa shape index (κ2) is 10.0. The topological polar surface area (TPSA) is 102 Å². The van der Waals surface area contributed by atoms with E-state index in [4.69, 9.17) is 4.74 Å². The van der Waals surface area contributed by atoms with E-state index in [0.717, 1.165) is 37.1 Å². The minimum absolute atomic E-state index is 0.0124. The Labute approximate surface area is 169 Å². The van der Waals surface area contributed by atoms with Crippen LogP contribution >= 0.6 is 0 Å². The lowest BCUT2D eigenvalue weighted by molar-refractivity contribution is -0.124. The molecule has 0 spiro atoms. The van der Waals surface area contributed by atoms with Gasteiger partial charge >= 0.3 is 5.97 Å². The van der Waals surface area contributed by atoms with Crippen LogP contribution in [0.5, 0.6) is 0 Å². The summed E-state index contributed by atoms with van der Waals surface area (Å²) in [4.78, 5) is 24.1. The predicted molar refractivity (Wildman–Crippen MR) is 106 cm³/mol. The summed E-state index contributed by atoms with van der Waals surface area (Å²) >= 11 is 0. The number of sulfonamides is 1. The molecule has 7 nitrogen and oxygen atoms in total. The number of anilines is 1. The molecule has 1 atom stereocenters. The van der Waals surface area contributed by atoms with E-state index in [1.54, 1.807) is 6.07 Å². The van der Waals surface area contributed by atoms with E-state index in [2.05, 4.69) is 10.0 Å². The Balaban J connectivity index is 2.09. The summed E-state index contributed by atoms with van der Waals surface area (Å²) in [7, 11) is -4.04. The zero-order valence-electron chi connectivity index (χ0n) is 16.1. The predicted octanol–water partition coefficient (Wildman–Crippen LogP) is 3.09. The van der Waals surface area contributed by atoms with Gasteiger partial charge in [-0.1, -0.05) is 25.5 Å². The van der Waals surface area contributed by atoms with Crippen LogP contribution in [0.3, 0.4) is 0 Å². The van der Waals surface area contributed by atoms with Gasteiger partial charge in [-0.05, 0) is 49.7 Å². The van der Waals surface area contributed by atoms with Crippen molar-refractivity contribution in [1.29, 1.82) is 0 Å². The highest BCUT2D eigenvalue weighted by Gasteiger charge is 2.20. The average molecular weight is 422 g/mol. The highest BCUT2D eigenvalue weighted by molar-refractivity contribution is 7.92. The van der Waals surface area contributed by atoms with E-state index in [0.29, 0.717) is 0 Å². The second-order valence-corrected chi connectivity index (χ2v) is 8.12. The van der Waals surface area contributed by atoms with Gasteiger partial charge in [0.05, 0.1) is 16.1 Å². The molecule has 0 saturated carbocycles. The number of rotatable bonds is 9. The third-order valence-corrected chi connectivity index (χ3v) is 5.36. The SMILES string of the molecule is CCC[C@H](C)NC(=O)COC(=O)c1ccccc1NS(=O)(=O)c1ccc(F)cc1. The van der Waals surface area contributed by atoms with Gasteiger partial charge in [-0.2, -0.15) is 0 Å². The average Bonchev–Trinajstić information content (AvgIpc) is 2.66. The molecule has 0 aliphatic heterocycles. The number of halogens is 1. The van der Waals surface area contributed by atoms with Gasteiger partial charge in [-0.3, -0.25) is 9.52 Å². The molecular formula is C20H23FN2O5S. The van der Waals surface area contributed by atoms with Crippen molar-refractivity contribution in [2.24, 2.45) is 0 Å². The van der Waals surface area contributed by atoms with Gasteiger partial charge < -0.3 is 10.1 Å². The quantitative estimate of drug-likeness (QED) is 0.605. The van der Waals surface area contributed by atoms with Crippen LogP contribution in [0.15, 0.2) is 53.4 Å². The molecule has 0 radical (unpaired) electrons. The monoisotopic (exact) mass is 422 g/mol. The smallest absolute Gasteiger partial charge is 0.340 e. The Kier molecular flexibility index (Phi) is 7.72. The number of nitrogens with one attached hydrogen (secondary N) is 2. The van der Waals surface area contributed by atoms with Gasteiger partial charge in [0.15, 0.2) is 6.61 Å². The van der Waals surface area contributed by atoms with Crippen LogP contribution < -0.4 is 10.0 Å². The van der Waals surface area contributed by atoms with E-state index in [-0.39, 0.29) is 22.2 Å². The van der Waals surface area contributed by atoms with Gasteiger partial charge in [0.1, 0.15) is 5.82 Å². The highest BCUT2D eigenvalue weighted by atomic mass is 32.2. The fourth-order valence-electron chi connectivity index (χ4n) is 2.60. The molecule has 2 rings (SSSR count). The van der Waals surface area contributed by atoms with Gasteiger partial charge in [0.2, 0.25) is 0 Å². The standard InChI is InChI=1S/C20H23FN2O5S/c1-3-6-14(2)22-19(24)13-28-20(25)17-7-4-5-8-18(17)23-29(26,27)16-11-9-15(21)10-12-16/h4-5,7-12,14,23H,3,6,13H2,1-2H3,(H,22,24)/t14-/m0/s1. The third-order valence-electron chi connectivity index (χ3n) is 3.98. The van der Waals surface area contributed by atoms with Crippen LogP contribution in [-0.2, 0) is 19.6 Å². The fraction of sp³-hybridized carbons (Fsp3) is 0.300. The zero-order chi connectivity index (χ0) is 21.4. The van der Waals surface area contributed by atoms with E-state index >= 15 is 0 Å². The maximum absolute atomic E-state index is 13.0. The van der Waals surface area contributed by atoms with Gasteiger partial charge in [-0.25, -0.2) is 17.6 Å². The van der Waals surface area contributed by atoms with Crippen molar-refractivity contribution >= 4 is 27.6 Å². The van der Waals surface area contributed by atoms with E-state index in [1.165, 1.54) is 18.2 Å². The Bertz CT molecular complexity index is 961. The summed E-state index contributed by atoms with van der Waals surface area (Å²) in [5, 5.41) is 2.71. The van der Waals surface area contributed by atoms with Crippen molar-refractivity contribution in [3.05, 3.63) is 59.9 Å². The lowest BCUT2D eigenvalue weighted by atomic mass is 10.2. The Morgan fingerprint density at radius 2 is 1.76 bits per heavy atom. The highest BCUT2D eigenvalue weighted by Crippen LogP contribution is 2.21. The largest absolute Gasteiger partial charge is 0.452 e. The molecule has 0 heterocycles. The Hall–Kier alpha value is -2.94. The number of para-hydroxylation sites is 1. The molecule has 0 aromatic heterocycles. The lowest BCUT2D eigenvalue weighted by Gasteiger charge is -2.14. The molecule has 2 N–H and O–H groups in total. The minimum Gasteiger partial charge on any atom is -0.452 e. The first-order chi connectivity index (χ1) is 13.7. The van der Waals surface area contributed by atoms with Gasteiger partial charge in [0, 0.05) is 6.04 Å². The number of hydrogen-bond donors (Lipinski definition) is 2. The summed E-state index contributed by atoms with van der Waals surface area (Å²) in [6, 6.07) is 10.1. The number of carbonyl (C=O) groups is 2. The van der Waals surface area contributed by atoms with Crippen molar-refractivity contribution in [3.63, 3.8) is 0 Å². The molecule has 1 amide bonds. The lowest BCUT2D eigenvalue weighted by Crippen LogP contribution is -2.35. The van der Waals surface area contributed by atoms with Crippen molar-refractivity contribution in [2.75, 3.05) is 11.3 Å². The molecule has 29 heavy (non-hydrogen) atoms. The first-order valence-corrected chi connectivity index (χ1v) is 10.5. The second-order valence-electron chi connectivity index (χ2n) is 6.44. The Morgan fingerprint density at radius 1 is 1.10 bits per heavy atom. The van der Waals surface area contributed by atoms with Crippen molar-refractivity contribution < 1.29 is 27.1 Å². The Morgan fingerprint density at radius 3 is 2.41 bits per heavy atom. The van der Waals surface area contributed by atoms with Crippen LogP contribution in [0.25, 0.3) is 0 Å². The van der Waals surface area contributed by atoms with Crippen LogP contribution in [-0.4, -0.2) is 32.9 Å². The molecule has 9 heteroatoms. The maximum atomic E-state index is 13.0. The summed E-state index contributed by atoms with van der Waals surface area (Å²) in [5.41, 5.74) is -0.0609. The van der Waals surface area contributed by atoms with E-state index in [1.807, 2.05) is 13.8 Å². The van der Waals surface area contributed by atoms with Crippen LogP contribution in [0.4, 0.5) is 10.1 Å². The van der Waals surface area contributed by atoms with Crippen LogP contribution in [0.1, 0.15) is 37.0 Å². The van der Waals surface area contributed by atoms with E-state index in [9.17, 15) is 22.4 Å². The summed E-state index contributed by atoms with van der Waals surface area (Å²) < 4.78 is 45.3. The first kappa shape index (κ1) is 22.4. The zero-order valence-corrected chi connectivity index (χ0v) is 17.0. The van der Waals surface area contributed by atoms with E-state index < -0.39 is 34.3 Å². The number of esters is 1. The summed E-state index contributed by atoms with van der Waals surface area (Å²) in [5.74, 6) is -1.86. The maximum Gasteiger partial charge on any atom is 0.340 e. The molecule has 0 unspecified atom stereocenters. The molecule has 2 aromatic carbocycles. The molecule has 0 aliphatic carbocycles. The van der Waals surface area contributed by atoms with Crippen molar-refractivity contribution in [1.82, 2.24) is 5.32 Å². The first-order valence-electron chi connectivity index (χ1n) is 9.07. The van der Waals surface area contributed by atoms with Crippen molar-refractivity contribution in [3.8, 4) is 0 Å². The van der Waals surface area contributed by atoms with Crippen LogP contribution in [0.2, 0.25) is 0 Å². The molecule has 0 aliphatic rings. The van der Waals surface area contributed by atoms with Crippen molar-refractivity contribution in [2.45, 2.75) is 37.6 Å². The number of carbonyl (C=O) groups excluding carboxylic acids is 2. The van der Waals surface area contributed by atoms with Crippen LogP contribution in [0, 0.1) is 5.82 Å². The molecular weight excluding hydrogens is 399 g/mol. The van der Waals surface area contributed by atoms with Gasteiger partial charge in [-0.15, -0.1) is 0 Å². The molecule has 0 bridgehead atoms. The summed E-state index contributed by atoms with van der Waals surface area (Å²) in [6.45, 7) is 3.36. The normalized spacial score (nSPS) is 12.1. The molecule has 2 aromatic rings. The minimum atomic E-state index is -4.04. The van der Waals surface area contributed by atoms with Gasteiger partial charge in [0.25, 0.3) is 15.9 Å². The molecule has 0 fully saturated rings. The summed E-state index contributed by atoms with van der Waals surface area (Å²) in [6.07, 6.45) is 1.70. The number of hydrogen-bond acceptors (Lipinski definition) is 5. The number of ether oxygens (including phenoxy) is 1. The third kappa shape index (κ3) is 6.56. The molecule has 156 valence electrons. The number of benzene rings is 2. The fourth-order valence-corrected chi connectivity index (χ4v) is 3.68. The number of amides is 1.